The second kappa shape index (κ2) is 4.45. The number of imidazole rings is 1. The average Bonchev–Trinajstić information content (AvgIpc) is 3.02. The molecule has 18 heavy (non-hydrogen) atoms. The number of fused-ring (bicyclic) bond motifs is 1. The Labute approximate surface area is 108 Å². The molecule has 5 nitrogen and oxygen atoms in total. The number of aliphatic carboxylic acids is 1. The number of rotatable bonds is 3. The summed E-state index contributed by atoms with van der Waals surface area (Å²) in [5.41, 5.74) is 0.857. The van der Waals surface area contributed by atoms with Gasteiger partial charge in [-0.3, -0.25) is 4.40 Å². The number of anilines is 1. The summed E-state index contributed by atoms with van der Waals surface area (Å²) in [5, 5.41) is 10.7. The first-order chi connectivity index (χ1) is 8.75. The van der Waals surface area contributed by atoms with Crippen LogP contribution in [-0.4, -0.2) is 33.6 Å². The summed E-state index contributed by atoms with van der Waals surface area (Å²) in [6.45, 7) is 2.00. The van der Waals surface area contributed by atoms with Crippen LogP contribution in [0.2, 0.25) is 0 Å². The van der Waals surface area contributed by atoms with Crippen LogP contribution in [0, 0.1) is 0 Å². The Morgan fingerprint density at radius 3 is 2.94 bits per heavy atom. The maximum absolute atomic E-state index is 10.7. The highest BCUT2D eigenvalue weighted by molar-refractivity contribution is 7.15. The van der Waals surface area contributed by atoms with Crippen LogP contribution in [-0.2, 0) is 4.79 Å². The van der Waals surface area contributed by atoms with Gasteiger partial charge in [-0.1, -0.05) is 0 Å². The van der Waals surface area contributed by atoms with Gasteiger partial charge in [0, 0.05) is 30.7 Å². The topological polar surface area (TPSA) is 57.8 Å². The van der Waals surface area contributed by atoms with E-state index in [0.717, 1.165) is 29.6 Å². The molecular formula is C12H13N3O2S. The lowest BCUT2D eigenvalue weighted by Gasteiger charge is -2.15. The summed E-state index contributed by atoms with van der Waals surface area (Å²) in [7, 11) is 0. The van der Waals surface area contributed by atoms with Crippen molar-refractivity contribution >= 4 is 34.2 Å². The minimum Gasteiger partial charge on any atom is -0.478 e. The molecule has 0 aromatic carbocycles. The Balaban J connectivity index is 2.08. The predicted molar refractivity (Wildman–Crippen MR) is 71.2 cm³/mol. The maximum Gasteiger partial charge on any atom is 0.328 e. The van der Waals surface area contributed by atoms with Gasteiger partial charge in [-0.05, 0) is 18.9 Å². The predicted octanol–water partition coefficient (Wildman–Crippen LogP) is 2.09. The van der Waals surface area contributed by atoms with E-state index in [0.29, 0.717) is 0 Å². The van der Waals surface area contributed by atoms with Crippen molar-refractivity contribution in [3.8, 4) is 0 Å². The van der Waals surface area contributed by atoms with Gasteiger partial charge in [0.1, 0.15) is 0 Å². The van der Waals surface area contributed by atoms with E-state index < -0.39 is 5.97 Å². The normalized spacial score (nSPS) is 16.1. The molecule has 0 atom stereocenters. The van der Waals surface area contributed by atoms with Crippen LogP contribution in [0.25, 0.3) is 11.0 Å². The number of aromatic nitrogens is 2. The van der Waals surface area contributed by atoms with Crippen molar-refractivity contribution in [1.29, 1.82) is 0 Å². The first-order valence-corrected chi connectivity index (χ1v) is 6.75. The Bertz CT molecular complexity index is 608. The number of carboxylic acids is 1. The Hall–Kier alpha value is -1.82. The van der Waals surface area contributed by atoms with Crippen LogP contribution in [0.5, 0.6) is 0 Å². The molecule has 0 spiro atoms. The van der Waals surface area contributed by atoms with E-state index in [1.165, 1.54) is 18.9 Å². The highest BCUT2D eigenvalue weighted by Crippen LogP contribution is 2.28. The lowest BCUT2D eigenvalue weighted by atomic mass is 10.3. The quantitative estimate of drug-likeness (QED) is 0.861. The summed E-state index contributed by atoms with van der Waals surface area (Å²) >= 11 is 1.56. The van der Waals surface area contributed by atoms with Crippen LogP contribution in [0.3, 0.4) is 0 Å². The zero-order valence-corrected chi connectivity index (χ0v) is 10.6. The third kappa shape index (κ3) is 1.88. The molecule has 1 fully saturated rings. The lowest BCUT2D eigenvalue weighted by molar-refractivity contribution is -0.131. The monoisotopic (exact) mass is 263 g/mol. The second-order valence-electron chi connectivity index (χ2n) is 4.24. The van der Waals surface area contributed by atoms with Gasteiger partial charge < -0.3 is 10.0 Å². The summed E-state index contributed by atoms with van der Waals surface area (Å²) < 4.78 is 1.94. The molecule has 3 rings (SSSR count). The Morgan fingerprint density at radius 1 is 1.44 bits per heavy atom. The molecular weight excluding hydrogens is 250 g/mol. The van der Waals surface area contributed by atoms with Gasteiger partial charge in [0.05, 0.1) is 5.69 Å². The Kier molecular flexibility index (Phi) is 2.79. The van der Waals surface area contributed by atoms with E-state index in [2.05, 4.69) is 9.88 Å². The van der Waals surface area contributed by atoms with Gasteiger partial charge in [0.25, 0.3) is 0 Å². The van der Waals surface area contributed by atoms with Gasteiger partial charge in [0.2, 0.25) is 0 Å². The van der Waals surface area contributed by atoms with Crippen molar-refractivity contribution < 1.29 is 9.90 Å². The third-order valence-corrected chi connectivity index (χ3v) is 3.83. The summed E-state index contributed by atoms with van der Waals surface area (Å²) in [6, 6.07) is 0. The van der Waals surface area contributed by atoms with Crippen LogP contribution in [0.4, 0.5) is 5.82 Å². The number of hydrogen-bond acceptors (Lipinski definition) is 4. The van der Waals surface area contributed by atoms with E-state index in [1.54, 1.807) is 17.4 Å². The number of nitrogens with zero attached hydrogens (tertiary/aromatic N) is 3. The highest BCUT2D eigenvalue weighted by Gasteiger charge is 2.20. The van der Waals surface area contributed by atoms with Gasteiger partial charge in [-0.2, -0.15) is 0 Å². The minimum absolute atomic E-state index is 0.857. The molecule has 0 amide bonds. The summed E-state index contributed by atoms with van der Waals surface area (Å²) in [5.74, 6) is -0.0376. The van der Waals surface area contributed by atoms with Crippen molar-refractivity contribution in [3.05, 3.63) is 23.3 Å². The fourth-order valence-electron chi connectivity index (χ4n) is 2.26. The standard InChI is InChI=1S/C12H13N3O2S/c16-10(17)4-3-9-11(14-5-1-2-6-14)13-12-15(9)7-8-18-12/h3-4,7-8H,1-2,5-6H2,(H,16,17). The number of carboxylic acid groups (broad SMARTS) is 1. The molecule has 1 aliphatic rings. The zero-order chi connectivity index (χ0) is 12.5. The van der Waals surface area contributed by atoms with Crippen molar-refractivity contribution in [3.63, 3.8) is 0 Å². The third-order valence-electron chi connectivity index (χ3n) is 3.07. The molecule has 3 heterocycles. The fourth-order valence-corrected chi connectivity index (χ4v) is 2.97. The first-order valence-electron chi connectivity index (χ1n) is 5.87. The van der Waals surface area contributed by atoms with Crippen molar-refractivity contribution in [2.45, 2.75) is 12.8 Å². The molecule has 0 bridgehead atoms. The summed E-state index contributed by atoms with van der Waals surface area (Å²) in [4.78, 5) is 18.4. The average molecular weight is 263 g/mol. The van der Waals surface area contributed by atoms with Crippen molar-refractivity contribution in [2.75, 3.05) is 18.0 Å². The zero-order valence-electron chi connectivity index (χ0n) is 9.74. The molecule has 1 aliphatic heterocycles. The SMILES string of the molecule is O=C(O)C=Cc1c(N2CCCC2)nc2sccn12. The molecule has 0 unspecified atom stereocenters. The van der Waals surface area contributed by atoms with Gasteiger partial charge in [-0.25, -0.2) is 9.78 Å². The summed E-state index contributed by atoms with van der Waals surface area (Å²) in [6.07, 6.45) is 7.07. The highest BCUT2D eigenvalue weighted by atomic mass is 32.1. The van der Waals surface area contributed by atoms with Gasteiger partial charge >= 0.3 is 5.97 Å². The molecule has 0 aliphatic carbocycles. The van der Waals surface area contributed by atoms with E-state index in [4.69, 9.17) is 5.11 Å². The van der Waals surface area contributed by atoms with E-state index in [9.17, 15) is 4.79 Å². The smallest absolute Gasteiger partial charge is 0.328 e. The van der Waals surface area contributed by atoms with Crippen LogP contribution < -0.4 is 4.90 Å². The molecule has 0 radical (unpaired) electrons. The van der Waals surface area contributed by atoms with Gasteiger partial charge in [0.15, 0.2) is 10.8 Å². The first kappa shape index (κ1) is 11.3. The molecule has 1 N–H and O–H groups in total. The molecule has 6 heteroatoms. The number of hydrogen-bond donors (Lipinski definition) is 1. The van der Waals surface area contributed by atoms with E-state index in [-0.39, 0.29) is 0 Å². The van der Waals surface area contributed by atoms with E-state index in [1.807, 2.05) is 16.0 Å². The molecule has 2 aromatic heterocycles. The van der Waals surface area contributed by atoms with E-state index >= 15 is 0 Å². The minimum atomic E-state index is -0.937. The number of thiazole rings is 1. The molecule has 94 valence electrons. The maximum atomic E-state index is 10.7. The van der Waals surface area contributed by atoms with Crippen LogP contribution in [0.1, 0.15) is 18.5 Å². The van der Waals surface area contributed by atoms with Crippen LogP contribution in [0.15, 0.2) is 17.7 Å². The van der Waals surface area contributed by atoms with Crippen LogP contribution >= 0.6 is 11.3 Å². The van der Waals surface area contributed by atoms with Gasteiger partial charge in [-0.15, -0.1) is 11.3 Å². The molecule has 0 saturated carbocycles. The fraction of sp³-hybridized carbons (Fsp3) is 0.333. The van der Waals surface area contributed by atoms with Crippen molar-refractivity contribution in [2.24, 2.45) is 0 Å². The van der Waals surface area contributed by atoms with Crippen molar-refractivity contribution in [1.82, 2.24) is 9.38 Å². The second-order valence-corrected chi connectivity index (χ2v) is 5.11. The lowest BCUT2D eigenvalue weighted by Crippen LogP contribution is -2.19. The molecule has 1 saturated heterocycles. The number of carbonyl (C=O) groups is 1. The Morgan fingerprint density at radius 2 is 2.22 bits per heavy atom. The largest absolute Gasteiger partial charge is 0.478 e. The molecule has 2 aromatic rings.